The smallest absolute Gasteiger partial charge is 0.243 e. The van der Waals surface area contributed by atoms with E-state index in [1.54, 1.807) is 42.5 Å². The van der Waals surface area contributed by atoms with Gasteiger partial charge in [0, 0.05) is 12.6 Å². The number of rotatable bonds is 6. The van der Waals surface area contributed by atoms with Gasteiger partial charge in [-0.05, 0) is 44.0 Å². The monoisotopic (exact) mass is 404 g/mol. The van der Waals surface area contributed by atoms with Crippen molar-refractivity contribution in [1.29, 1.82) is 0 Å². The van der Waals surface area contributed by atoms with E-state index in [1.165, 1.54) is 18.5 Å². The summed E-state index contributed by atoms with van der Waals surface area (Å²) in [6.07, 6.45) is 1.08. The summed E-state index contributed by atoms with van der Waals surface area (Å²) in [7, 11) is -0.725. The fourth-order valence-electron chi connectivity index (χ4n) is 3.26. The number of hydrogen-bond acceptors (Lipinski definition) is 5. The van der Waals surface area contributed by atoms with E-state index in [-0.39, 0.29) is 10.8 Å². The Kier molecular flexibility index (Phi) is 5.90. The number of nitrogens with one attached hydrogen (secondary N) is 1. The van der Waals surface area contributed by atoms with E-state index in [9.17, 15) is 13.2 Å². The Labute approximate surface area is 165 Å². The number of methoxy groups -OCH3 is 2. The van der Waals surface area contributed by atoms with E-state index < -0.39 is 16.1 Å². The average molecular weight is 404 g/mol. The molecule has 2 aromatic carbocycles. The Bertz CT molecular complexity index is 957. The third kappa shape index (κ3) is 3.98. The molecule has 1 aliphatic heterocycles. The molecule has 1 aliphatic rings. The number of carbonyl (C=O) groups excluding carboxylic acids is 1. The van der Waals surface area contributed by atoms with Gasteiger partial charge in [-0.15, -0.1) is 0 Å². The van der Waals surface area contributed by atoms with E-state index in [0.717, 1.165) is 5.56 Å². The van der Waals surface area contributed by atoms with Crippen LogP contribution in [0.25, 0.3) is 0 Å². The number of carbonyl (C=O) groups is 1. The van der Waals surface area contributed by atoms with Crippen LogP contribution in [0.2, 0.25) is 0 Å². The predicted octanol–water partition coefficient (Wildman–Crippen LogP) is 2.80. The highest BCUT2D eigenvalue weighted by Gasteiger charge is 2.39. The number of aryl methyl sites for hydroxylation is 1. The average Bonchev–Trinajstić information content (AvgIpc) is 3.19. The summed E-state index contributed by atoms with van der Waals surface area (Å²) >= 11 is 0. The second kappa shape index (κ2) is 8.20. The van der Waals surface area contributed by atoms with E-state index >= 15 is 0 Å². The fourth-order valence-corrected chi connectivity index (χ4v) is 4.92. The van der Waals surface area contributed by atoms with Gasteiger partial charge in [-0.3, -0.25) is 4.79 Å². The lowest BCUT2D eigenvalue weighted by atomic mass is 10.2. The highest BCUT2D eigenvalue weighted by atomic mass is 32.2. The summed E-state index contributed by atoms with van der Waals surface area (Å²) in [4.78, 5) is 13.1. The van der Waals surface area contributed by atoms with Crippen LogP contribution in [-0.2, 0) is 14.8 Å². The number of anilines is 1. The molecule has 0 spiro atoms. The number of benzene rings is 2. The first-order valence-electron chi connectivity index (χ1n) is 8.98. The van der Waals surface area contributed by atoms with Gasteiger partial charge in [-0.2, -0.15) is 4.31 Å². The molecular formula is C20H24N2O5S. The maximum Gasteiger partial charge on any atom is 0.243 e. The zero-order chi connectivity index (χ0) is 20.3. The molecule has 0 bridgehead atoms. The molecule has 1 N–H and O–H groups in total. The first kappa shape index (κ1) is 20.2. The highest BCUT2D eigenvalue weighted by Crippen LogP contribution is 2.31. The molecule has 0 aromatic heterocycles. The molecule has 1 amide bonds. The van der Waals surface area contributed by atoms with Crippen molar-refractivity contribution in [3.8, 4) is 11.5 Å². The van der Waals surface area contributed by atoms with Gasteiger partial charge in [0.05, 0.1) is 24.8 Å². The van der Waals surface area contributed by atoms with Crippen LogP contribution < -0.4 is 14.8 Å². The minimum Gasteiger partial charge on any atom is -0.497 e. The summed E-state index contributed by atoms with van der Waals surface area (Å²) in [5.74, 6) is 0.645. The van der Waals surface area contributed by atoms with Crippen molar-refractivity contribution in [3.63, 3.8) is 0 Å². The molecule has 0 aliphatic carbocycles. The molecule has 3 rings (SSSR count). The Balaban J connectivity index is 1.85. The molecule has 150 valence electrons. The van der Waals surface area contributed by atoms with Crippen LogP contribution in [0, 0.1) is 6.92 Å². The zero-order valence-corrected chi connectivity index (χ0v) is 17.0. The fraction of sp³-hybridized carbons (Fsp3) is 0.350. The lowest BCUT2D eigenvalue weighted by Gasteiger charge is -2.24. The Morgan fingerprint density at radius 1 is 1.11 bits per heavy atom. The molecule has 1 saturated heterocycles. The van der Waals surface area contributed by atoms with Gasteiger partial charge in [0.2, 0.25) is 15.9 Å². The number of hydrogen-bond donors (Lipinski definition) is 1. The van der Waals surface area contributed by atoms with Gasteiger partial charge >= 0.3 is 0 Å². The molecule has 0 radical (unpaired) electrons. The molecule has 0 unspecified atom stereocenters. The number of ether oxygens (including phenoxy) is 2. The lowest BCUT2D eigenvalue weighted by molar-refractivity contribution is -0.119. The normalized spacial score (nSPS) is 17.3. The van der Waals surface area contributed by atoms with Gasteiger partial charge in [-0.1, -0.05) is 17.7 Å². The number of nitrogens with zero attached hydrogens (tertiary/aromatic N) is 1. The molecular weight excluding hydrogens is 380 g/mol. The van der Waals surface area contributed by atoms with Crippen molar-refractivity contribution in [2.24, 2.45) is 0 Å². The molecule has 7 nitrogen and oxygen atoms in total. The molecule has 2 aromatic rings. The van der Waals surface area contributed by atoms with Crippen molar-refractivity contribution in [1.82, 2.24) is 4.31 Å². The number of amides is 1. The topological polar surface area (TPSA) is 84.9 Å². The van der Waals surface area contributed by atoms with Crippen molar-refractivity contribution in [2.45, 2.75) is 30.7 Å². The molecule has 1 fully saturated rings. The van der Waals surface area contributed by atoms with Crippen LogP contribution in [0.1, 0.15) is 18.4 Å². The molecule has 8 heteroatoms. The van der Waals surface area contributed by atoms with E-state index in [1.807, 2.05) is 6.92 Å². The van der Waals surface area contributed by atoms with Crippen LogP contribution in [0.15, 0.2) is 47.4 Å². The Hall–Kier alpha value is -2.58. The second-order valence-corrected chi connectivity index (χ2v) is 8.53. The summed E-state index contributed by atoms with van der Waals surface area (Å²) in [5.41, 5.74) is 1.41. The lowest BCUT2D eigenvalue weighted by Crippen LogP contribution is -2.43. The minimum atomic E-state index is -3.75. The predicted molar refractivity (Wildman–Crippen MR) is 106 cm³/mol. The summed E-state index contributed by atoms with van der Waals surface area (Å²) in [5, 5.41) is 2.79. The van der Waals surface area contributed by atoms with Gasteiger partial charge in [0.25, 0.3) is 0 Å². The van der Waals surface area contributed by atoms with Gasteiger partial charge < -0.3 is 14.8 Å². The van der Waals surface area contributed by atoms with E-state index in [4.69, 9.17) is 9.47 Å². The van der Waals surface area contributed by atoms with Crippen molar-refractivity contribution in [3.05, 3.63) is 48.0 Å². The quantitative estimate of drug-likeness (QED) is 0.800. The maximum atomic E-state index is 13.0. The Morgan fingerprint density at radius 3 is 2.46 bits per heavy atom. The largest absolute Gasteiger partial charge is 0.497 e. The first-order chi connectivity index (χ1) is 13.4. The van der Waals surface area contributed by atoms with E-state index in [0.29, 0.717) is 36.6 Å². The zero-order valence-electron chi connectivity index (χ0n) is 16.1. The third-order valence-corrected chi connectivity index (χ3v) is 6.72. The third-order valence-electron chi connectivity index (χ3n) is 4.80. The van der Waals surface area contributed by atoms with E-state index in [2.05, 4.69) is 5.32 Å². The van der Waals surface area contributed by atoms with Crippen LogP contribution in [0.3, 0.4) is 0 Å². The minimum absolute atomic E-state index is 0.191. The van der Waals surface area contributed by atoms with Crippen LogP contribution >= 0.6 is 0 Å². The number of sulfonamides is 1. The van der Waals surface area contributed by atoms with Gasteiger partial charge in [0.15, 0.2) is 0 Å². The summed E-state index contributed by atoms with van der Waals surface area (Å²) < 4.78 is 37.8. The molecule has 1 heterocycles. The first-order valence-corrected chi connectivity index (χ1v) is 10.4. The standard InChI is InChI=1S/C20H24N2O5S/c1-14-6-9-16(10-7-14)28(24,25)22-12-4-5-18(22)20(23)21-17-13-15(26-2)8-11-19(17)27-3/h6-11,13,18H,4-5,12H2,1-3H3,(H,21,23)/t18-/m0/s1. The Morgan fingerprint density at radius 2 is 1.82 bits per heavy atom. The SMILES string of the molecule is COc1ccc(OC)c(NC(=O)[C@@H]2CCCN2S(=O)(=O)c2ccc(C)cc2)c1. The molecule has 1 atom stereocenters. The molecule has 0 saturated carbocycles. The van der Waals surface area contributed by atoms with Gasteiger partial charge in [-0.25, -0.2) is 8.42 Å². The van der Waals surface area contributed by atoms with Crippen molar-refractivity contribution >= 4 is 21.6 Å². The van der Waals surface area contributed by atoms with Crippen molar-refractivity contribution < 1.29 is 22.7 Å². The summed E-state index contributed by atoms with van der Waals surface area (Å²) in [6.45, 7) is 2.20. The van der Waals surface area contributed by atoms with Crippen LogP contribution in [-0.4, -0.2) is 45.4 Å². The summed E-state index contributed by atoms with van der Waals surface area (Å²) in [6, 6.07) is 10.9. The highest BCUT2D eigenvalue weighted by molar-refractivity contribution is 7.89. The van der Waals surface area contributed by atoms with Crippen LogP contribution in [0.5, 0.6) is 11.5 Å². The maximum absolute atomic E-state index is 13.0. The van der Waals surface area contributed by atoms with Crippen LogP contribution in [0.4, 0.5) is 5.69 Å². The molecule has 28 heavy (non-hydrogen) atoms. The van der Waals surface area contributed by atoms with Gasteiger partial charge in [0.1, 0.15) is 17.5 Å². The second-order valence-electron chi connectivity index (χ2n) is 6.64. The van der Waals surface area contributed by atoms with Crippen molar-refractivity contribution in [2.75, 3.05) is 26.1 Å².